The average Bonchev–Trinajstić information content (AvgIpc) is 2.39. The first-order valence-corrected chi connectivity index (χ1v) is 8.08. The Morgan fingerprint density at radius 2 is 2.00 bits per heavy atom. The first-order chi connectivity index (χ1) is 9.39. The molecule has 1 aromatic carbocycles. The molecule has 112 valence electrons. The minimum Gasteiger partial charge on any atom is -0.385 e. The summed E-state index contributed by atoms with van der Waals surface area (Å²) in [6.07, 6.45) is 0. The van der Waals surface area contributed by atoms with Gasteiger partial charge in [-0.05, 0) is 38.6 Å². The van der Waals surface area contributed by atoms with Crippen LogP contribution in [0.15, 0.2) is 18.2 Å². The second-order valence-corrected chi connectivity index (χ2v) is 6.40. The molecule has 20 heavy (non-hydrogen) atoms. The Balaban J connectivity index is 2.72. The molecule has 0 unspecified atom stereocenters. The Labute approximate surface area is 120 Å². The molecule has 3 N–H and O–H groups in total. The Morgan fingerprint density at radius 1 is 1.30 bits per heavy atom. The summed E-state index contributed by atoms with van der Waals surface area (Å²) >= 11 is 0. The van der Waals surface area contributed by atoms with Gasteiger partial charge in [-0.3, -0.25) is 4.79 Å². The van der Waals surface area contributed by atoms with Gasteiger partial charge in [0.15, 0.2) is 0 Å². The smallest absolute Gasteiger partial charge is 0.253 e. The monoisotopic (exact) mass is 299 g/mol. The van der Waals surface area contributed by atoms with Gasteiger partial charge < -0.3 is 10.6 Å². The number of carbonyl (C=O) groups is 1. The van der Waals surface area contributed by atoms with E-state index in [1.807, 2.05) is 26.0 Å². The molecule has 0 radical (unpaired) electrons. The molecule has 0 aliphatic rings. The normalized spacial score (nSPS) is 11.2. The summed E-state index contributed by atoms with van der Waals surface area (Å²) in [7, 11) is -1.96. The third-order valence-corrected chi connectivity index (χ3v) is 4.12. The quantitative estimate of drug-likeness (QED) is 0.692. The predicted molar refractivity (Wildman–Crippen MR) is 80.5 cm³/mol. The molecule has 1 amide bonds. The standard InChI is InChI=1S/C13H21N3O3S/c1-4-15-12-9-10(2)5-6-11(12)13(17)16-7-8-20(18,19)14-3/h5-6,9,14-15H,4,7-8H2,1-3H3,(H,16,17). The summed E-state index contributed by atoms with van der Waals surface area (Å²) in [6, 6.07) is 5.47. The van der Waals surface area contributed by atoms with Crippen LogP contribution in [0.2, 0.25) is 0 Å². The van der Waals surface area contributed by atoms with Crippen LogP contribution in [0.3, 0.4) is 0 Å². The molecule has 0 fully saturated rings. The SMILES string of the molecule is CCNc1cc(C)ccc1C(=O)NCCS(=O)(=O)NC. The van der Waals surface area contributed by atoms with Gasteiger partial charge in [0.05, 0.1) is 11.3 Å². The molecule has 0 atom stereocenters. The number of amides is 1. The van der Waals surface area contributed by atoms with Crippen LogP contribution < -0.4 is 15.4 Å². The van der Waals surface area contributed by atoms with E-state index < -0.39 is 10.0 Å². The van der Waals surface area contributed by atoms with Crippen LogP contribution in [0.4, 0.5) is 5.69 Å². The van der Waals surface area contributed by atoms with Crippen molar-refractivity contribution in [2.24, 2.45) is 0 Å². The van der Waals surface area contributed by atoms with Crippen LogP contribution in [0, 0.1) is 6.92 Å². The zero-order valence-corrected chi connectivity index (χ0v) is 12.8. The van der Waals surface area contributed by atoms with Gasteiger partial charge in [-0.15, -0.1) is 0 Å². The predicted octanol–water partition coefficient (Wildman–Crippen LogP) is 0.706. The van der Waals surface area contributed by atoms with E-state index in [1.165, 1.54) is 7.05 Å². The number of hydrogen-bond acceptors (Lipinski definition) is 4. The second kappa shape index (κ2) is 7.25. The molecule has 0 bridgehead atoms. The molecular formula is C13H21N3O3S. The van der Waals surface area contributed by atoms with Gasteiger partial charge in [-0.1, -0.05) is 6.07 Å². The summed E-state index contributed by atoms with van der Waals surface area (Å²) in [6.45, 7) is 4.67. The maximum Gasteiger partial charge on any atom is 0.253 e. The van der Waals surface area contributed by atoms with E-state index in [9.17, 15) is 13.2 Å². The van der Waals surface area contributed by atoms with Gasteiger partial charge in [-0.2, -0.15) is 0 Å². The summed E-state index contributed by atoms with van der Waals surface area (Å²) in [4.78, 5) is 12.1. The van der Waals surface area contributed by atoms with Crippen LogP contribution in [-0.2, 0) is 10.0 Å². The number of carbonyl (C=O) groups excluding carboxylic acids is 1. The van der Waals surface area contributed by atoms with Crippen molar-refractivity contribution in [2.45, 2.75) is 13.8 Å². The molecule has 1 aromatic rings. The highest BCUT2D eigenvalue weighted by atomic mass is 32.2. The minimum atomic E-state index is -3.30. The van der Waals surface area contributed by atoms with Crippen LogP contribution in [-0.4, -0.2) is 40.2 Å². The van der Waals surface area contributed by atoms with Gasteiger partial charge in [0.2, 0.25) is 10.0 Å². The van der Waals surface area contributed by atoms with E-state index in [4.69, 9.17) is 0 Å². The summed E-state index contributed by atoms with van der Waals surface area (Å²) < 4.78 is 24.7. The van der Waals surface area contributed by atoms with Gasteiger partial charge >= 0.3 is 0 Å². The molecule has 0 spiro atoms. The van der Waals surface area contributed by atoms with Gasteiger partial charge in [0, 0.05) is 18.8 Å². The number of benzene rings is 1. The van der Waals surface area contributed by atoms with Crippen molar-refractivity contribution >= 4 is 21.6 Å². The number of hydrogen-bond donors (Lipinski definition) is 3. The van der Waals surface area contributed by atoms with Crippen molar-refractivity contribution < 1.29 is 13.2 Å². The number of rotatable bonds is 7. The maximum absolute atomic E-state index is 12.1. The molecule has 0 saturated heterocycles. The molecule has 0 aromatic heterocycles. The van der Waals surface area contributed by atoms with Crippen molar-refractivity contribution in [3.63, 3.8) is 0 Å². The lowest BCUT2D eigenvalue weighted by Crippen LogP contribution is -2.33. The molecule has 0 aliphatic heterocycles. The van der Waals surface area contributed by atoms with E-state index in [2.05, 4.69) is 15.4 Å². The number of sulfonamides is 1. The van der Waals surface area contributed by atoms with Crippen LogP contribution in [0.25, 0.3) is 0 Å². The Bertz CT molecular complexity index is 570. The lowest BCUT2D eigenvalue weighted by molar-refractivity contribution is 0.0957. The van der Waals surface area contributed by atoms with Gasteiger partial charge in [-0.25, -0.2) is 13.1 Å². The molecule has 0 heterocycles. The van der Waals surface area contributed by atoms with Crippen LogP contribution in [0.5, 0.6) is 0 Å². The second-order valence-electron chi connectivity index (χ2n) is 4.36. The molecular weight excluding hydrogens is 278 g/mol. The topological polar surface area (TPSA) is 87.3 Å². The zero-order valence-electron chi connectivity index (χ0n) is 12.0. The average molecular weight is 299 g/mol. The number of aryl methyl sites for hydroxylation is 1. The Kier molecular flexibility index (Phi) is 5.97. The van der Waals surface area contributed by atoms with Gasteiger partial charge in [0.25, 0.3) is 5.91 Å². The molecule has 1 rings (SSSR count). The Morgan fingerprint density at radius 3 is 2.60 bits per heavy atom. The van der Waals surface area contributed by atoms with Crippen molar-refractivity contribution in [1.82, 2.24) is 10.0 Å². The van der Waals surface area contributed by atoms with E-state index >= 15 is 0 Å². The van der Waals surface area contributed by atoms with Crippen molar-refractivity contribution in [1.29, 1.82) is 0 Å². The molecule has 0 saturated carbocycles. The molecule has 6 nitrogen and oxygen atoms in total. The minimum absolute atomic E-state index is 0.0709. The summed E-state index contributed by atoms with van der Waals surface area (Å²) in [5.41, 5.74) is 2.32. The zero-order chi connectivity index (χ0) is 15.2. The summed E-state index contributed by atoms with van der Waals surface area (Å²) in [5, 5.41) is 5.73. The number of nitrogens with one attached hydrogen (secondary N) is 3. The number of anilines is 1. The fourth-order valence-corrected chi connectivity index (χ4v) is 2.26. The highest BCUT2D eigenvalue weighted by Gasteiger charge is 2.12. The van der Waals surface area contributed by atoms with E-state index in [-0.39, 0.29) is 18.2 Å². The van der Waals surface area contributed by atoms with Crippen molar-refractivity contribution in [2.75, 3.05) is 31.2 Å². The van der Waals surface area contributed by atoms with Crippen molar-refractivity contribution in [3.05, 3.63) is 29.3 Å². The highest BCUT2D eigenvalue weighted by Crippen LogP contribution is 2.17. The lowest BCUT2D eigenvalue weighted by Gasteiger charge is -2.12. The third-order valence-electron chi connectivity index (χ3n) is 2.75. The van der Waals surface area contributed by atoms with Crippen molar-refractivity contribution in [3.8, 4) is 0 Å². The maximum atomic E-state index is 12.1. The van der Waals surface area contributed by atoms with Crippen LogP contribution >= 0.6 is 0 Å². The van der Waals surface area contributed by atoms with Gasteiger partial charge in [0.1, 0.15) is 0 Å². The summed E-state index contributed by atoms with van der Waals surface area (Å²) in [5.74, 6) is -0.426. The van der Waals surface area contributed by atoms with E-state index in [0.717, 1.165) is 11.3 Å². The van der Waals surface area contributed by atoms with Crippen LogP contribution in [0.1, 0.15) is 22.8 Å². The lowest BCUT2D eigenvalue weighted by atomic mass is 10.1. The molecule has 0 aliphatic carbocycles. The van der Waals surface area contributed by atoms with E-state index in [0.29, 0.717) is 12.1 Å². The highest BCUT2D eigenvalue weighted by molar-refractivity contribution is 7.89. The first-order valence-electron chi connectivity index (χ1n) is 6.43. The Hall–Kier alpha value is -1.60. The van der Waals surface area contributed by atoms with E-state index in [1.54, 1.807) is 6.07 Å². The fraction of sp³-hybridized carbons (Fsp3) is 0.462. The third kappa shape index (κ3) is 4.82. The largest absolute Gasteiger partial charge is 0.385 e. The first kappa shape index (κ1) is 16.5. The fourth-order valence-electron chi connectivity index (χ4n) is 1.69. The molecule has 7 heteroatoms.